The highest BCUT2D eigenvalue weighted by molar-refractivity contribution is 5.72. The van der Waals surface area contributed by atoms with Crippen LogP contribution in [0.2, 0.25) is 0 Å². The van der Waals surface area contributed by atoms with E-state index in [0.717, 1.165) is 11.3 Å². The normalized spacial score (nSPS) is 13.5. The fraction of sp³-hybridized carbons (Fsp3) is 0.529. The number of carbonyl (C=O) groups is 2. The number of aliphatic hydroxyl groups excluding tert-OH is 1. The van der Waals surface area contributed by atoms with E-state index in [2.05, 4.69) is 13.8 Å². The molecular formula is C17H25NO6. The molecule has 0 saturated carbocycles. The van der Waals surface area contributed by atoms with Crippen LogP contribution >= 0.6 is 0 Å². The third-order valence-electron chi connectivity index (χ3n) is 3.69. The Kier molecular flexibility index (Phi) is 8.21. The van der Waals surface area contributed by atoms with Crippen molar-refractivity contribution in [2.45, 2.75) is 32.3 Å². The van der Waals surface area contributed by atoms with Crippen LogP contribution in [0.15, 0.2) is 24.3 Å². The van der Waals surface area contributed by atoms with Crippen molar-refractivity contribution < 1.29 is 29.6 Å². The Labute approximate surface area is 141 Å². The third-order valence-corrected chi connectivity index (χ3v) is 3.69. The summed E-state index contributed by atoms with van der Waals surface area (Å²) < 4.78 is 5.48. The average molecular weight is 339 g/mol. The van der Waals surface area contributed by atoms with Gasteiger partial charge in [-0.1, -0.05) is 26.0 Å². The number of hydrogen-bond donors (Lipinski definition) is 3. The SMILES string of the molecule is CCC(C)c1ccc(OCC(O)CN(CC(=O)O)CC(=O)O)cc1. The predicted molar refractivity (Wildman–Crippen MR) is 88.4 cm³/mol. The summed E-state index contributed by atoms with van der Waals surface area (Å²) >= 11 is 0. The monoisotopic (exact) mass is 339 g/mol. The van der Waals surface area contributed by atoms with Gasteiger partial charge in [0.05, 0.1) is 13.1 Å². The summed E-state index contributed by atoms with van der Waals surface area (Å²) in [5.74, 6) is -1.23. The number of ether oxygens (including phenoxy) is 1. The largest absolute Gasteiger partial charge is 0.491 e. The molecule has 0 aromatic heterocycles. The van der Waals surface area contributed by atoms with Crippen LogP contribution in [0, 0.1) is 0 Å². The minimum absolute atomic E-state index is 0.0432. The molecule has 0 saturated heterocycles. The van der Waals surface area contributed by atoms with Gasteiger partial charge in [0.2, 0.25) is 0 Å². The van der Waals surface area contributed by atoms with Gasteiger partial charge in [-0.05, 0) is 30.0 Å². The number of aliphatic hydroxyl groups is 1. The average Bonchev–Trinajstić information content (AvgIpc) is 2.51. The lowest BCUT2D eigenvalue weighted by Crippen LogP contribution is -2.41. The lowest BCUT2D eigenvalue weighted by molar-refractivity contribution is -0.142. The second-order valence-electron chi connectivity index (χ2n) is 5.80. The second kappa shape index (κ2) is 9.89. The molecule has 0 radical (unpaired) electrons. The van der Waals surface area contributed by atoms with E-state index in [1.165, 1.54) is 5.56 Å². The molecule has 0 amide bonds. The highest BCUT2D eigenvalue weighted by atomic mass is 16.5. The molecule has 2 unspecified atom stereocenters. The van der Waals surface area contributed by atoms with Crippen molar-refractivity contribution in [1.82, 2.24) is 4.90 Å². The van der Waals surface area contributed by atoms with Gasteiger partial charge in [-0.25, -0.2) is 0 Å². The summed E-state index contributed by atoms with van der Waals surface area (Å²) in [6, 6.07) is 7.58. The summed E-state index contributed by atoms with van der Waals surface area (Å²) in [5, 5.41) is 27.5. The summed E-state index contributed by atoms with van der Waals surface area (Å²) in [7, 11) is 0. The lowest BCUT2D eigenvalue weighted by atomic mass is 9.99. The molecule has 0 aliphatic rings. The molecule has 0 bridgehead atoms. The molecule has 0 fully saturated rings. The molecule has 2 atom stereocenters. The third kappa shape index (κ3) is 7.43. The number of aliphatic carboxylic acids is 2. The van der Waals surface area contributed by atoms with Crippen LogP contribution in [-0.2, 0) is 9.59 Å². The Bertz CT molecular complexity index is 514. The maximum Gasteiger partial charge on any atom is 0.317 e. The summed E-state index contributed by atoms with van der Waals surface area (Å²) in [5.41, 5.74) is 1.21. The van der Waals surface area contributed by atoms with E-state index < -0.39 is 31.1 Å². The maximum atomic E-state index is 10.7. The Morgan fingerprint density at radius 1 is 1.12 bits per heavy atom. The summed E-state index contributed by atoms with van der Waals surface area (Å²) in [6.45, 7) is 3.21. The molecule has 0 spiro atoms. The van der Waals surface area contributed by atoms with Gasteiger partial charge in [-0.2, -0.15) is 0 Å². The first-order chi connectivity index (χ1) is 11.3. The molecule has 24 heavy (non-hydrogen) atoms. The maximum absolute atomic E-state index is 10.7. The smallest absolute Gasteiger partial charge is 0.317 e. The Hall–Kier alpha value is -2.12. The molecule has 1 rings (SSSR count). The molecule has 3 N–H and O–H groups in total. The Balaban J connectivity index is 2.50. The van der Waals surface area contributed by atoms with Crippen molar-refractivity contribution in [3.8, 4) is 5.75 Å². The first-order valence-corrected chi connectivity index (χ1v) is 7.88. The van der Waals surface area contributed by atoms with Crippen LogP contribution in [-0.4, -0.2) is 64.5 Å². The zero-order valence-corrected chi connectivity index (χ0v) is 14.0. The molecule has 134 valence electrons. The second-order valence-corrected chi connectivity index (χ2v) is 5.80. The van der Waals surface area contributed by atoms with E-state index >= 15 is 0 Å². The van der Waals surface area contributed by atoms with Crippen LogP contribution in [0.1, 0.15) is 31.7 Å². The van der Waals surface area contributed by atoms with Gasteiger partial charge >= 0.3 is 11.9 Å². The molecule has 0 heterocycles. The first kappa shape index (κ1) is 19.9. The van der Waals surface area contributed by atoms with Crippen LogP contribution in [0.4, 0.5) is 0 Å². The van der Waals surface area contributed by atoms with Gasteiger partial charge in [0.15, 0.2) is 0 Å². The topological polar surface area (TPSA) is 107 Å². The van der Waals surface area contributed by atoms with Crippen LogP contribution in [0.5, 0.6) is 5.75 Å². The van der Waals surface area contributed by atoms with Crippen LogP contribution < -0.4 is 4.74 Å². The molecule has 1 aromatic carbocycles. The van der Waals surface area contributed by atoms with E-state index in [-0.39, 0.29) is 13.2 Å². The van der Waals surface area contributed by atoms with Crippen molar-refractivity contribution in [1.29, 1.82) is 0 Å². The number of benzene rings is 1. The van der Waals surface area contributed by atoms with E-state index in [0.29, 0.717) is 11.7 Å². The van der Waals surface area contributed by atoms with Crippen molar-refractivity contribution >= 4 is 11.9 Å². The van der Waals surface area contributed by atoms with Crippen molar-refractivity contribution in [3.05, 3.63) is 29.8 Å². The zero-order chi connectivity index (χ0) is 18.1. The minimum atomic E-state index is -1.15. The fourth-order valence-corrected chi connectivity index (χ4v) is 2.24. The van der Waals surface area contributed by atoms with E-state index in [1.807, 2.05) is 24.3 Å². The lowest BCUT2D eigenvalue weighted by Gasteiger charge is -2.21. The van der Waals surface area contributed by atoms with E-state index in [4.69, 9.17) is 14.9 Å². The van der Waals surface area contributed by atoms with Gasteiger partial charge in [0, 0.05) is 6.54 Å². The zero-order valence-electron chi connectivity index (χ0n) is 14.0. The molecule has 0 aliphatic carbocycles. The van der Waals surface area contributed by atoms with Crippen molar-refractivity contribution in [2.75, 3.05) is 26.2 Å². The van der Waals surface area contributed by atoms with E-state index in [1.54, 1.807) is 0 Å². The Morgan fingerprint density at radius 2 is 1.67 bits per heavy atom. The number of carboxylic acids is 2. The number of nitrogens with zero attached hydrogens (tertiary/aromatic N) is 1. The predicted octanol–water partition coefficient (Wildman–Crippen LogP) is 1.41. The number of hydrogen-bond acceptors (Lipinski definition) is 5. The number of carboxylic acid groups (broad SMARTS) is 2. The van der Waals surface area contributed by atoms with Crippen molar-refractivity contribution in [2.24, 2.45) is 0 Å². The fourth-order valence-electron chi connectivity index (χ4n) is 2.24. The van der Waals surface area contributed by atoms with Gasteiger partial charge < -0.3 is 20.1 Å². The molecule has 7 heteroatoms. The van der Waals surface area contributed by atoms with Gasteiger partial charge in [-0.3, -0.25) is 14.5 Å². The highest BCUT2D eigenvalue weighted by Crippen LogP contribution is 2.21. The van der Waals surface area contributed by atoms with Gasteiger partial charge in [0.1, 0.15) is 18.5 Å². The van der Waals surface area contributed by atoms with Gasteiger partial charge in [0.25, 0.3) is 0 Å². The van der Waals surface area contributed by atoms with Crippen LogP contribution in [0.25, 0.3) is 0 Å². The summed E-state index contributed by atoms with van der Waals surface area (Å²) in [6.07, 6.45) is 0.0555. The van der Waals surface area contributed by atoms with Crippen molar-refractivity contribution in [3.63, 3.8) is 0 Å². The minimum Gasteiger partial charge on any atom is -0.491 e. The number of rotatable bonds is 11. The molecule has 7 nitrogen and oxygen atoms in total. The Morgan fingerprint density at radius 3 is 2.12 bits per heavy atom. The molecular weight excluding hydrogens is 314 g/mol. The van der Waals surface area contributed by atoms with Gasteiger partial charge in [-0.15, -0.1) is 0 Å². The molecule has 1 aromatic rings. The summed E-state index contributed by atoms with van der Waals surface area (Å²) in [4.78, 5) is 22.6. The van der Waals surface area contributed by atoms with Crippen LogP contribution in [0.3, 0.4) is 0 Å². The quantitative estimate of drug-likeness (QED) is 0.559. The first-order valence-electron chi connectivity index (χ1n) is 7.88. The highest BCUT2D eigenvalue weighted by Gasteiger charge is 2.18. The van der Waals surface area contributed by atoms with E-state index in [9.17, 15) is 14.7 Å². The standard InChI is InChI=1S/C17H25NO6/c1-3-12(2)13-4-6-15(7-5-13)24-11-14(19)8-18(9-16(20)21)10-17(22)23/h4-7,12,14,19H,3,8-11H2,1-2H3,(H,20,21)(H,22,23). The molecule has 0 aliphatic heterocycles.